The molecule has 1 N–H and O–H groups in total. The lowest BCUT2D eigenvalue weighted by atomic mass is 9.91. The van der Waals surface area contributed by atoms with E-state index in [1.807, 2.05) is 83.7 Å². The molecule has 6 nitrogen and oxygen atoms in total. The second-order valence-electron chi connectivity index (χ2n) is 8.26. The third kappa shape index (κ3) is 3.91. The van der Waals surface area contributed by atoms with Gasteiger partial charge in [-0.3, -0.25) is 20.2 Å². The molecule has 0 saturated carbocycles. The first kappa shape index (κ1) is 21.3. The third-order valence-corrected chi connectivity index (χ3v) is 6.62. The first-order chi connectivity index (χ1) is 16.1. The molecule has 2 aliphatic rings. The summed E-state index contributed by atoms with van der Waals surface area (Å²) >= 11 is 6.53. The van der Waals surface area contributed by atoms with E-state index in [4.69, 9.17) is 21.4 Å². The molecule has 0 fully saturated rings. The van der Waals surface area contributed by atoms with E-state index in [1.54, 1.807) is 7.11 Å². The van der Waals surface area contributed by atoms with Crippen molar-refractivity contribution in [2.24, 2.45) is 11.0 Å². The van der Waals surface area contributed by atoms with Gasteiger partial charge in [0.05, 0.1) is 29.5 Å². The molecule has 1 amide bonds. The van der Waals surface area contributed by atoms with Gasteiger partial charge in [-0.25, -0.2) is 0 Å². The van der Waals surface area contributed by atoms with Gasteiger partial charge in [0.25, 0.3) is 5.91 Å². The van der Waals surface area contributed by atoms with E-state index in [-0.39, 0.29) is 17.9 Å². The van der Waals surface area contributed by atoms with Gasteiger partial charge < -0.3 is 4.74 Å². The number of nitrogens with zero attached hydrogens (tertiary/aromatic N) is 3. The van der Waals surface area contributed by atoms with Crippen molar-refractivity contribution in [1.29, 1.82) is 0 Å². The van der Waals surface area contributed by atoms with Crippen LogP contribution in [0.1, 0.15) is 24.1 Å². The number of anilines is 2. The fourth-order valence-corrected chi connectivity index (χ4v) is 4.81. The van der Waals surface area contributed by atoms with Crippen molar-refractivity contribution in [2.45, 2.75) is 19.4 Å². The largest absolute Gasteiger partial charge is 0.497 e. The normalized spacial score (nSPS) is 19.3. The van der Waals surface area contributed by atoms with Crippen molar-refractivity contribution in [3.05, 3.63) is 88.9 Å². The van der Waals surface area contributed by atoms with Crippen LogP contribution < -0.4 is 20.2 Å². The van der Waals surface area contributed by atoms with Crippen LogP contribution in [0.25, 0.3) is 0 Å². The van der Waals surface area contributed by atoms with Gasteiger partial charge in [-0.05, 0) is 47.9 Å². The number of benzene rings is 3. The van der Waals surface area contributed by atoms with E-state index >= 15 is 0 Å². The fraction of sp³-hybridized carbons (Fsp3) is 0.231. The van der Waals surface area contributed by atoms with Crippen LogP contribution >= 0.6 is 11.6 Å². The molecule has 2 atom stereocenters. The maximum Gasteiger partial charge on any atom is 0.286 e. The molecule has 7 heteroatoms. The smallest absolute Gasteiger partial charge is 0.286 e. The SMILES string of the molecule is COc1ccc([C@@H]2[C@H](C)C(C(=O)NN3CCc4ccccc43)=NN2c2ccccc2Cl)cc1. The van der Waals surface area contributed by atoms with E-state index in [9.17, 15) is 4.79 Å². The molecule has 0 spiro atoms. The van der Waals surface area contributed by atoms with Crippen LogP contribution in [0.2, 0.25) is 5.02 Å². The molecular formula is C26H25ClN4O2. The molecule has 0 bridgehead atoms. The number of carbonyl (C=O) groups is 1. The molecule has 0 radical (unpaired) electrons. The number of hydrazine groups is 1. The number of methoxy groups -OCH3 is 1. The second kappa shape index (κ2) is 8.79. The Balaban J connectivity index is 1.47. The van der Waals surface area contributed by atoms with Crippen molar-refractivity contribution in [3.8, 4) is 5.75 Å². The molecule has 2 aliphatic heterocycles. The number of fused-ring (bicyclic) bond motifs is 1. The maximum absolute atomic E-state index is 13.4. The first-order valence-electron chi connectivity index (χ1n) is 11.0. The minimum Gasteiger partial charge on any atom is -0.497 e. The molecule has 168 valence electrons. The van der Waals surface area contributed by atoms with Crippen molar-refractivity contribution in [2.75, 3.05) is 23.7 Å². The molecule has 3 aromatic rings. The number of hydrogen-bond donors (Lipinski definition) is 1. The van der Waals surface area contributed by atoms with Crippen molar-refractivity contribution >= 4 is 34.6 Å². The Morgan fingerprint density at radius 3 is 2.45 bits per heavy atom. The molecule has 0 aromatic heterocycles. The Bertz CT molecular complexity index is 1210. The fourth-order valence-electron chi connectivity index (χ4n) is 4.59. The van der Waals surface area contributed by atoms with Gasteiger partial charge in [-0.2, -0.15) is 5.10 Å². The average molecular weight is 461 g/mol. The zero-order valence-corrected chi connectivity index (χ0v) is 19.3. The molecule has 5 rings (SSSR count). The Morgan fingerprint density at radius 2 is 1.73 bits per heavy atom. The maximum atomic E-state index is 13.4. The minimum atomic E-state index is -0.202. The van der Waals surface area contributed by atoms with Crippen LogP contribution in [0, 0.1) is 5.92 Å². The zero-order valence-electron chi connectivity index (χ0n) is 18.5. The summed E-state index contributed by atoms with van der Waals surface area (Å²) in [7, 11) is 1.64. The monoisotopic (exact) mass is 460 g/mol. The number of nitrogens with one attached hydrogen (secondary N) is 1. The van der Waals surface area contributed by atoms with Crippen molar-refractivity contribution in [3.63, 3.8) is 0 Å². The Kier molecular flexibility index (Phi) is 5.68. The highest BCUT2D eigenvalue weighted by molar-refractivity contribution is 6.41. The molecule has 0 unspecified atom stereocenters. The summed E-state index contributed by atoms with van der Waals surface area (Å²) in [5, 5.41) is 9.15. The summed E-state index contributed by atoms with van der Waals surface area (Å²) < 4.78 is 5.32. The van der Waals surface area contributed by atoms with Crippen LogP contribution in [0.3, 0.4) is 0 Å². The Hall–Kier alpha value is -3.51. The second-order valence-corrected chi connectivity index (χ2v) is 8.67. The minimum absolute atomic E-state index is 0.160. The number of hydrogen-bond acceptors (Lipinski definition) is 5. The summed E-state index contributed by atoms with van der Waals surface area (Å²) in [6, 6.07) is 23.4. The summed E-state index contributed by atoms with van der Waals surface area (Å²) in [6.07, 6.45) is 0.901. The van der Waals surface area contributed by atoms with Crippen molar-refractivity contribution in [1.82, 2.24) is 5.43 Å². The number of halogens is 1. The Labute approximate surface area is 198 Å². The molecule has 0 aliphatic carbocycles. The number of para-hydroxylation sites is 2. The number of ether oxygens (including phenoxy) is 1. The summed E-state index contributed by atoms with van der Waals surface area (Å²) in [5.41, 5.74) is 7.60. The summed E-state index contributed by atoms with van der Waals surface area (Å²) in [5.74, 6) is 0.417. The molecule has 33 heavy (non-hydrogen) atoms. The summed E-state index contributed by atoms with van der Waals surface area (Å²) in [4.78, 5) is 13.4. The number of rotatable bonds is 5. The molecular weight excluding hydrogens is 436 g/mol. The van der Waals surface area contributed by atoms with Crippen LogP contribution in [0.5, 0.6) is 5.75 Å². The van der Waals surface area contributed by atoms with Gasteiger partial charge in [0.15, 0.2) is 0 Å². The lowest BCUT2D eigenvalue weighted by Gasteiger charge is -2.27. The highest BCUT2D eigenvalue weighted by Crippen LogP contribution is 2.42. The average Bonchev–Trinajstić information content (AvgIpc) is 3.40. The van der Waals surface area contributed by atoms with Gasteiger partial charge in [0.2, 0.25) is 0 Å². The Morgan fingerprint density at radius 1 is 1.03 bits per heavy atom. The molecule has 2 heterocycles. The predicted octanol–water partition coefficient (Wildman–Crippen LogP) is 5.00. The van der Waals surface area contributed by atoms with E-state index in [0.717, 1.165) is 35.7 Å². The molecule has 3 aromatic carbocycles. The number of amides is 1. The van der Waals surface area contributed by atoms with Gasteiger partial charge >= 0.3 is 0 Å². The number of carbonyl (C=O) groups excluding carboxylic acids is 1. The molecule has 0 saturated heterocycles. The van der Waals surface area contributed by atoms with Gasteiger partial charge in [0, 0.05) is 12.5 Å². The quantitative estimate of drug-likeness (QED) is 0.582. The predicted molar refractivity (Wildman–Crippen MR) is 132 cm³/mol. The van der Waals surface area contributed by atoms with Gasteiger partial charge in [-0.1, -0.05) is 61.0 Å². The van der Waals surface area contributed by atoms with Crippen LogP contribution in [0.15, 0.2) is 77.9 Å². The zero-order chi connectivity index (χ0) is 22.9. The number of hydrazone groups is 1. The van der Waals surface area contributed by atoms with E-state index in [0.29, 0.717) is 10.7 Å². The first-order valence-corrected chi connectivity index (χ1v) is 11.4. The van der Waals surface area contributed by atoms with E-state index < -0.39 is 0 Å². The lowest BCUT2D eigenvalue weighted by molar-refractivity contribution is -0.115. The van der Waals surface area contributed by atoms with Crippen molar-refractivity contribution < 1.29 is 9.53 Å². The van der Waals surface area contributed by atoms with E-state index in [2.05, 4.69) is 11.5 Å². The lowest BCUT2D eigenvalue weighted by Crippen LogP contribution is -2.45. The van der Waals surface area contributed by atoms with Crippen LogP contribution in [0.4, 0.5) is 11.4 Å². The van der Waals surface area contributed by atoms with Crippen LogP contribution in [-0.4, -0.2) is 25.3 Å². The highest BCUT2D eigenvalue weighted by Gasteiger charge is 2.40. The van der Waals surface area contributed by atoms with Gasteiger partial charge in [0.1, 0.15) is 11.5 Å². The topological polar surface area (TPSA) is 57.2 Å². The standard InChI is InChI=1S/C26H25ClN4O2/c1-17-24(26(32)29-30-16-15-18-7-3-5-9-22(18)30)28-31(23-10-6-4-8-21(23)27)25(17)19-11-13-20(33-2)14-12-19/h3-14,17,25H,15-16H2,1-2H3,(H,29,32)/t17-,25+/m1/s1. The van der Waals surface area contributed by atoms with Gasteiger partial charge in [-0.15, -0.1) is 0 Å². The third-order valence-electron chi connectivity index (χ3n) is 6.30. The van der Waals surface area contributed by atoms with E-state index in [1.165, 1.54) is 5.56 Å². The summed E-state index contributed by atoms with van der Waals surface area (Å²) in [6.45, 7) is 2.77. The highest BCUT2D eigenvalue weighted by atomic mass is 35.5. The van der Waals surface area contributed by atoms with Crippen LogP contribution in [-0.2, 0) is 11.2 Å².